The molecular weight excluding hydrogens is 468 g/mol. The minimum atomic E-state index is -0.725. The molecule has 0 saturated carbocycles. The number of para-hydroxylation sites is 1. The van der Waals surface area contributed by atoms with E-state index in [1.165, 1.54) is 0 Å². The van der Waals surface area contributed by atoms with E-state index in [9.17, 15) is 14.4 Å². The lowest BCUT2D eigenvalue weighted by molar-refractivity contribution is -0.138. The Hall–Kier alpha value is -2.45. The Kier molecular flexibility index (Phi) is 8.29. The highest BCUT2D eigenvalue weighted by Gasteiger charge is 2.53. The zero-order valence-corrected chi connectivity index (χ0v) is 23.3. The molecule has 4 rings (SSSR count). The Morgan fingerprint density at radius 2 is 1.78 bits per heavy atom. The van der Waals surface area contributed by atoms with Gasteiger partial charge in [-0.15, -0.1) is 0 Å². The predicted molar refractivity (Wildman–Crippen MR) is 145 cm³/mol. The molecule has 2 amide bonds. The fourth-order valence-corrected chi connectivity index (χ4v) is 6.00. The molecular formula is C29H44N4O4. The summed E-state index contributed by atoms with van der Waals surface area (Å²) in [5.41, 5.74) is 1.29. The number of ether oxygens (including phenoxy) is 1. The number of likely N-dealkylation sites (tertiary alicyclic amines) is 1. The Bertz CT molecular complexity index is 996. The lowest BCUT2D eigenvalue weighted by Crippen LogP contribution is -2.53. The summed E-state index contributed by atoms with van der Waals surface area (Å²) in [5.74, 6) is -0.0877. The van der Waals surface area contributed by atoms with Crippen LogP contribution in [0.1, 0.15) is 58.3 Å². The largest absolute Gasteiger partial charge is 0.368 e. The van der Waals surface area contributed by atoms with Crippen molar-refractivity contribution in [3.05, 3.63) is 29.8 Å². The van der Waals surface area contributed by atoms with Crippen LogP contribution in [0.2, 0.25) is 0 Å². The first kappa shape index (κ1) is 27.6. The summed E-state index contributed by atoms with van der Waals surface area (Å²) in [5, 5.41) is 3.09. The number of amides is 2. The third-order valence-corrected chi connectivity index (χ3v) is 8.09. The van der Waals surface area contributed by atoms with E-state index in [0.29, 0.717) is 18.5 Å². The van der Waals surface area contributed by atoms with Crippen molar-refractivity contribution < 1.29 is 19.1 Å². The Labute approximate surface area is 221 Å². The Balaban J connectivity index is 1.56. The number of rotatable bonds is 7. The van der Waals surface area contributed by atoms with Crippen LogP contribution < -0.4 is 10.2 Å². The van der Waals surface area contributed by atoms with Gasteiger partial charge in [0.2, 0.25) is 5.91 Å². The molecule has 0 aliphatic carbocycles. The summed E-state index contributed by atoms with van der Waals surface area (Å²) in [7, 11) is 0. The van der Waals surface area contributed by atoms with Crippen LogP contribution in [0.5, 0.6) is 0 Å². The number of carbonyl (C=O) groups is 3. The van der Waals surface area contributed by atoms with Crippen molar-refractivity contribution in [3.63, 3.8) is 0 Å². The molecule has 8 heteroatoms. The summed E-state index contributed by atoms with van der Waals surface area (Å²) in [6, 6.07) is 6.37. The van der Waals surface area contributed by atoms with Crippen LogP contribution in [-0.2, 0) is 14.3 Å². The number of anilines is 1. The first-order chi connectivity index (χ1) is 17.5. The van der Waals surface area contributed by atoms with E-state index in [2.05, 4.69) is 56.7 Å². The Morgan fingerprint density at radius 3 is 2.41 bits per heavy atom. The minimum Gasteiger partial charge on any atom is -0.368 e. The molecule has 0 bridgehead atoms. The van der Waals surface area contributed by atoms with Gasteiger partial charge in [0.25, 0.3) is 5.91 Å². The van der Waals surface area contributed by atoms with Crippen LogP contribution >= 0.6 is 0 Å². The second-order valence-electron chi connectivity index (χ2n) is 12.3. The third-order valence-electron chi connectivity index (χ3n) is 8.09. The number of fused-ring (bicyclic) bond motifs is 1. The number of piperazine rings is 1. The molecule has 204 valence electrons. The van der Waals surface area contributed by atoms with Crippen LogP contribution in [0.3, 0.4) is 0 Å². The van der Waals surface area contributed by atoms with E-state index in [4.69, 9.17) is 4.74 Å². The van der Waals surface area contributed by atoms with E-state index in [1.54, 1.807) is 4.90 Å². The van der Waals surface area contributed by atoms with Gasteiger partial charge in [0.05, 0.1) is 11.7 Å². The molecule has 3 heterocycles. The fraction of sp³-hybridized carbons (Fsp3) is 0.690. The van der Waals surface area contributed by atoms with Gasteiger partial charge in [0.15, 0.2) is 5.78 Å². The number of nitrogens with one attached hydrogen (secondary N) is 1. The predicted octanol–water partition coefficient (Wildman–Crippen LogP) is 2.81. The zero-order chi connectivity index (χ0) is 26.9. The highest BCUT2D eigenvalue weighted by atomic mass is 16.5. The summed E-state index contributed by atoms with van der Waals surface area (Å²) >= 11 is 0. The SMILES string of the molecule is CCN1CCN(c2ccccc2C(=O)N[C@@H](CC(C)(C)C)C(=O)N2C[C@@H](C(C)C)[C@H]3OCC(=O)[C@H]32)CC1. The molecule has 37 heavy (non-hydrogen) atoms. The summed E-state index contributed by atoms with van der Waals surface area (Å²) in [6.45, 7) is 17.8. The molecule has 0 unspecified atom stereocenters. The summed E-state index contributed by atoms with van der Waals surface area (Å²) < 4.78 is 5.83. The number of hydrogen-bond acceptors (Lipinski definition) is 6. The highest BCUT2D eigenvalue weighted by molar-refractivity contribution is 6.02. The molecule has 4 atom stereocenters. The van der Waals surface area contributed by atoms with Crippen LogP contribution in [-0.4, -0.2) is 91.5 Å². The number of Topliss-reactive ketones (excluding diaryl/α,β-unsaturated/α-hetero) is 1. The van der Waals surface area contributed by atoms with Gasteiger partial charge in [-0.2, -0.15) is 0 Å². The average molecular weight is 513 g/mol. The van der Waals surface area contributed by atoms with Crippen molar-refractivity contribution in [2.75, 3.05) is 50.8 Å². The molecule has 3 fully saturated rings. The topological polar surface area (TPSA) is 82.2 Å². The molecule has 0 radical (unpaired) electrons. The molecule has 1 aromatic rings. The molecule has 3 saturated heterocycles. The fourth-order valence-electron chi connectivity index (χ4n) is 6.00. The maximum Gasteiger partial charge on any atom is 0.254 e. The lowest BCUT2D eigenvalue weighted by atomic mass is 9.87. The van der Waals surface area contributed by atoms with Gasteiger partial charge >= 0.3 is 0 Å². The minimum absolute atomic E-state index is 0.0427. The normalized spacial score (nSPS) is 25.5. The van der Waals surface area contributed by atoms with Gasteiger partial charge in [-0.3, -0.25) is 14.4 Å². The summed E-state index contributed by atoms with van der Waals surface area (Å²) in [6.07, 6.45) is 0.217. The van der Waals surface area contributed by atoms with Gasteiger partial charge in [-0.1, -0.05) is 53.7 Å². The van der Waals surface area contributed by atoms with Crippen LogP contribution in [0, 0.1) is 17.3 Å². The average Bonchev–Trinajstić information content (AvgIpc) is 3.43. The number of likely N-dealkylation sites (N-methyl/N-ethyl adjacent to an activating group) is 1. The molecule has 0 aromatic heterocycles. The number of carbonyl (C=O) groups excluding carboxylic acids is 3. The quantitative estimate of drug-likeness (QED) is 0.605. The number of nitrogens with zero attached hydrogens (tertiary/aromatic N) is 3. The van der Waals surface area contributed by atoms with Crippen molar-refractivity contribution in [2.45, 2.75) is 66.2 Å². The standard InChI is InChI=1S/C29H44N4O4/c1-7-31-12-14-32(15-13-31)23-11-9-8-10-20(23)27(35)30-22(16-29(4,5)6)28(36)33-17-21(19(2)3)26-25(33)24(34)18-37-26/h8-11,19,21-22,25-26H,7,12-18H2,1-6H3,(H,30,35)/t21-,22-,25+,26+/m0/s1. The second kappa shape index (κ2) is 11.1. The maximum absolute atomic E-state index is 14.0. The number of benzene rings is 1. The van der Waals surface area contributed by atoms with Crippen molar-refractivity contribution in [3.8, 4) is 0 Å². The monoisotopic (exact) mass is 512 g/mol. The molecule has 3 aliphatic rings. The van der Waals surface area contributed by atoms with Gasteiger partial charge in [0.1, 0.15) is 18.7 Å². The first-order valence-electron chi connectivity index (χ1n) is 13.8. The third kappa shape index (κ3) is 6.01. The van der Waals surface area contributed by atoms with Crippen molar-refractivity contribution >= 4 is 23.3 Å². The van der Waals surface area contributed by atoms with Crippen molar-refractivity contribution in [1.82, 2.24) is 15.1 Å². The van der Waals surface area contributed by atoms with Gasteiger partial charge in [0, 0.05) is 44.3 Å². The number of hydrogen-bond donors (Lipinski definition) is 1. The number of ketones is 1. The van der Waals surface area contributed by atoms with E-state index in [-0.39, 0.29) is 47.6 Å². The zero-order valence-electron chi connectivity index (χ0n) is 23.3. The van der Waals surface area contributed by atoms with Crippen LogP contribution in [0.25, 0.3) is 0 Å². The van der Waals surface area contributed by atoms with E-state index >= 15 is 0 Å². The first-order valence-corrected chi connectivity index (χ1v) is 13.8. The van der Waals surface area contributed by atoms with Crippen LogP contribution in [0.15, 0.2) is 24.3 Å². The lowest BCUT2D eigenvalue weighted by Gasteiger charge is -2.36. The smallest absolute Gasteiger partial charge is 0.254 e. The van der Waals surface area contributed by atoms with Crippen molar-refractivity contribution in [1.29, 1.82) is 0 Å². The molecule has 8 nitrogen and oxygen atoms in total. The molecule has 0 spiro atoms. The summed E-state index contributed by atoms with van der Waals surface area (Å²) in [4.78, 5) is 46.8. The second-order valence-corrected chi connectivity index (χ2v) is 12.3. The van der Waals surface area contributed by atoms with Gasteiger partial charge in [-0.05, 0) is 36.4 Å². The maximum atomic E-state index is 14.0. The highest BCUT2D eigenvalue weighted by Crippen LogP contribution is 2.37. The molecule has 3 aliphatic heterocycles. The van der Waals surface area contributed by atoms with E-state index in [1.807, 2.05) is 24.3 Å². The van der Waals surface area contributed by atoms with Crippen LogP contribution in [0.4, 0.5) is 5.69 Å². The molecule has 1 N–H and O–H groups in total. The van der Waals surface area contributed by atoms with E-state index in [0.717, 1.165) is 38.4 Å². The Morgan fingerprint density at radius 1 is 1.11 bits per heavy atom. The van der Waals surface area contributed by atoms with Crippen molar-refractivity contribution in [2.24, 2.45) is 17.3 Å². The van der Waals surface area contributed by atoms with Gasteiger partial charge in [-0.25, -0.2) is 0 Å². The van der Waals surface area contributed by atoms with E-state index < -0.39 is 12.1 Å². The van der Waals surface area contributed by atoms with Gasteiger partial charge < -0.3 is 24.8 Å². The molecule has 1 aromatic carbocycles.